The van der Waals surface area contributed by atoms with Crippen LogP contribution in [0.2, 0.25) is 17.6 Å². The van der Waals surface area contributed by atoms with E-state index in [-0.39, 0.29) is 11.0 Å². The predicted molar refractivity (Wildman–Crippen MR) is 162 cm³/mol. The molecule has 37 heavy (non-hydrogen) atoms. The molecule has 3 aromatic carbocycles. The molecule has 1 fully saturated rings. The Morgan fingerprint density at radius 3 is 1.68 bits per heavy atom. The Morgan fingerprint density at radius 1 is 0.703 bits per heavy atom. The number of para-hydroxylation sites is 1. The molecule has 2 aliphatic carbocycles. The minimum Gasteiger partial charge on any atom is -0.488 e. The summed E-state index contributed by atoms with van der Waals surface area (Å²) in [6.07, 6.45) is 2.61. The largest absolute Gasteiger partial charge is 0.488 e. The Morgan fingerprint density at radius 2 is 1.22 bits per heavy atom. The maximum atomic E-state index is 6.93. The van der Waals surface area contributed by atoms with E-state index in [4.69, 9.17) is 4.74 Å². The highest BCUT2D eigenvalue weighted by Gasteiger charge is 2.51. The molecule has 0 aliphatic heterocycles. The number of benzene rings is 3. The average molecular weight is 511 g/mol. The van der Waals surface area contributed by atoms with Crippen molar-refractivity contribution < 1.29 is 4.74 Å². The van der Waals surface area contributed by atoms with E-state index in [1.807, 2.05) is 0 Å². The molecule has 0 radical (unpaired) electrons. The fraction of sp³-hybridized carbons (Fsp3) is 0.486. The van der Waals surface area contributed by atoms with Gasteiger partial charge in [-0.25, -0.2) is 0 Å². The molecule has 1 saturated carbocycles. The van der Waals surface area contributed by atoms with E-state index in [1.54, 1.807) is 16.3 Å². The Balaban J connectivity index is 1.65. The Labute approximate surface area is 226 Å². The molecule has 0 bridgehead atoms. The molecule has 0 spiro atoms. The summed E-state index contributed by atoms with van der Waals surface area (Å²) in [5.41, 5.74) is 8.02. The van der Waals surface area contributed by atoms with Gasteiger partial charge in [-0.05, 0) is 89.4 Å². The average Bonchev–Trinajstić information content (AvgIpc) is 3.31. The van der Waals surface area contributed by atoms with Crippen molar-refractivity contribution in [2.45, 2.75) is 109 Å². The summed E-state index contributed by atoms with van der Waals surface area (Å²) in [6.45, 7) is 18.6. The summed E-state index contributed by atoms with van der Waals surface area (Å²) in [5.74, 6) is 2.45. The predicted octanol–water partition coefficient (Wildman–Crippen LogP) is 9.57. The minimum atomic E-state index is -1.90. The molecular weight excluding hydrogens is 464 g/mol. The van der Waals surface area contributed by atoms with Gasteiger partial charge >= 0.3 is 0 Å². The fourth-order valence-electron chi connectivity index (χ4n) is 7.67. The van der Waals surface area contributed by atoms with Crippen LogP contribution in [-0.4, -0.2) is 13.7 Å². The van der Waals surface area contributed by atoms with Crippen molar-refractivity contribution in [2.75, 3.05) is 0 Å². The number of rotatable bonds is 5. The van der Waals surface area contributed by atoms with Gasteiger partial charge in [0.15, 0.2) is 0 Å². The third-order valence-corrected chi connectivity index (χ3v) is 15.4. The molecule has 2 aliphatic rings. The van der Waals surface area contributed by atoms with E-state index in [0.717, 1.165) is 5.54 Å². The van der Waals surface area contributed by atoms with Crippen molar-refractivity contribution in [3.63, 3.8) is 0 Å². The fourth-order valence-corrected chi connectivity index (χ4v) is 13.0. The molecule has 1 nitrogen and oxygen atoms in total. The van der Waals surface area contributed by atoms with Gasteiger partial charge in [-0.3, -0.25) is 0 Å². The highest BCUT2D eigenvalue weighted by molar-refractivity contribution is 6.93. The lowest BCUT2D eigenvalue weighted by Crippen LogP contribution is -2.52. The van der Waals surface area contributed by atoms with Crippen molar-refractivity contribution in [1.82, 2.24) is 0 Å². The molecule has 2 atom stereocenters. The second-order valence-electron chi connectivity index (χ2n) is 13.6. The molecule has 2 unspecified atom stereocenters. The monoisotopic (exact) mass is 510 g/mol. The van der Waals surface area contributed by atoms with Crippen LogP contribution in [-0.2, 0) is 5.41 Å². The Bertz CT molecular complexity index is 1220. The van der Waals surface area contributed by atoms with Crippen molar-refractivity contribution in [3.8, 4) is 16.9 Å². The van der Waals surface area contributed by atoms with Gasteiger partial charge in [-0.15, -0.1) is 0 Å². The van der Waals surface area contributed by atoms with E-state index in [2.05, 4.69) is 122 Å². The lowest BCUT2D eigenvalue weighted by atomic mass is 9.73. The summed E-state index contributed by atoms with van der Waals surface area (Å²) in [5, 5.41) is 1.57. The lowest BCUT2D eigenvalue weighted by molar-refractivity contribution is 0.129. The van der Waals surface area contributed by atoms with Crippen LogP contribution >= 0.6 is 0 Å². The molecule has 196 valence electrons. The topological polar surface area (TPSA) is 9.23 Å². The van der Waals surface area contributed by atoms with Crippen LogP contribution in [0.1, 0.15) is 96.8 Å². The van der Waals surface area contributed by atoms with Crippen molar-refractivity contribution >= 4 is 13.3 Å². The van der Waals surface area contributed by atoms with E-state index in [0.29, 0.717) is 11.8 Å². The third-order valence-electron chi connectivity index (χ3n) is 9.38. The van der Waals surface area contributed by atoms with Crippen molar-refractivity contribution in [1.29, 1.82) is 0 Å². The van der Waals surface area contributed by atoms with Crippen LogP contribution in [0, 0.1) is 0 Å². The molecule has 3 aromatic rings. The van der Waals surface area contributed by atoms with Gasteiger partial charge < -0.3 is 4.74 Å². The van der Waals surface area contributed by atoms with Crippen molar-refractivity contribution in [3.05, 3.63) is 83.4 Å². The van der Waals surface area contributed by atoms with Gasteiger partial charge in [0, 0.05) is 0 Å². The lowest BCUT2D eigenvalue weighted by Gasteiger charge is -2.40. The number of ether oxygens (including phenoxy) is 1. The van der Waals surface area contributed by atoms with Gasteiger partial charge in [0.05, 0.1) is 8.07 Å². The first-order chi connectivity index (χ1) is 17.5. The standard InChI is InChI=1S/C35H46OSi/c1-9-37(10-2,32-21-15-20-31(34(3,4)5)33(32)36-35(6,7)8)24-22-29-27-18-13-11-16-25(27)26-17-12-14-19-28(26)30(29)23-24/h11-21,24,29-30H,9-10,22-23H2,1-8H3. The second-order valence-corrected chi connectivity index (χ2v) is 18.6. The number of hydrogen-bond donors (Lipinski definition) is 0. The normalized spacial score (nSPS) is 21.2. The van der Waals surface area contributed by atoms with E-state index in [1.165, 1.54) is 47.4 Å². The molecular formula is C35H46OSi. The zero-order valence-corrected chi connectivity index (χ0v) is 25.3. The van der Waals surface area contributed by atoms with Gasteiger partial charge in [-0.1, -0.05) is 113 Å². The third kappa shape index (κ3) is 4.50. The summed E-state index contributed by atoms with van der Waals surface area (Å²) in [4.78, 5) is 0. The second kappa shape index (κ2) is 9.45. The first kappa shape index (κ1) is 26.3. The van der Waals surface area contributed by atoms with Crippen LogP contribution in [0.25, 0.3) is 11.1 Å². The van der Waals surface area contributed by atoms with Crippen molar-refractivity contribution in [2.24, 2.45) is 0 Å². The van der Waals surface area contributed by atoms with E-state index < -0.39 is 8.07 Å². The highest BCUT2D eigenvalue weighted by Crippen LogP contribution is 2.61. The summed E-state index contributed by atoms with van der Waals surface area (Å²) < 4.78 is 6.93. The zero-order valence-electron chi connectivity index (χ0n) is 24.3. The summed E-state index contributed by atoms with van der Waals surface area (Å²) in [7, 11) is -1.90. The molecule has 0 saturated heterocycles. The summed E-state index contributed by atoms with van der Waals surface area (Å²) >= 11 is 0. The molecule has 2 heteroatoms. The first-order valence-corrected chi connectivity index (χ1v) is 17.0. The smallest absolute Gasteiger partial charge is 0.123 e. The molecule has 0 aromatic heterocycles. The van der Waals surface area contributed by atoms with Crippen LogP contribution in [0.15, 0.2) is 66.7 Å². The maximum absolute atomic E-state index is 6.93. The maximum Gasteiger partial charge on any atom is 0.123 e. The van der Waals surface area contributed by atoms with Gasteiger partial charge in [0.2, 0.25) is 0 Å². The van der Waals surface area contributed by atoms with Gasteiger partial charge in [-0.2, -0.15) is 0 Å². The molecule has 0 N–H and O–H groups in total. The molecule has 0 amide bonds. The highest BCUT2D eigenvalue weighted by atomic mass is 28.3. The van der Waals surface area contributed by atoms with Crippen LogP contribution < -0.4 is 9.92 Å². The van der Waals surface area contributed by atoms with Crippen LogP contribution in [0.4, 0.5) is 0 Å². The Kier molecular flexibility index (Phi) is 6.72. The van der Waals surface area contributed by atoms with Crippen LogP contribution in [0.3, 0.4) is 0 Å². The van der Waals surface area contributed by atoms with Gasteiger partial charge in [0.25, 0.3) is 0 Å². The number of fused-ring (bicyclic) bond motifs is 6. The quantitative estimate of drug-likeness (QED) is 0.310. The minimum absolute atomic E-state index is 0.0414. The number of hydrogen-bond acceptors (Lipinski definition) is 1. The summed E-state index contributed by atoms with van der Waals surface area (Å²) in [6, 6.07) is 28.1. The SMILES string of the molecule is CC[Si](CC)(c1cccc(C(C)(C)C)c1OC(C)(C)C)C1CC2c3ccccc3-c3ccccc3C2C1. The first-order valence-electron chi connectivity index (χ1n) is 14.5. The molecule has 0 heterocycles. The van der Waals surface area contributed by atoms with Crippen LogP contribution in [0.5, 0.6) is 5.75 Å². The Hall–Kier alpha value is -2.32. The van der Waals surface area contributed by atoms with E-state index in [9.17, 15) is 0 Å². The van der Waals surface area contributed by atoms with Gasteiger partial charge in [0.1, 0.15) is 11.4 Å². The van der Waals surface area contributed by atoms with E-state index >= 15 is 0 Å². The zero-order chi connectivity index (χ0) is 26.6. The molecule has 5 rings (SSSR count).